The van der Waals surface area contributed by atoms with Gasteiger partial charge in [0.25, 0.3) is 0 Å². The van der Waals surface area contributed by atoms with E-state index in [1.807, 2.05) is 31.2 Å². The second-order valence-corrected chi connectivity index (χ2v) is 3.50. The van der Waals surface area contributed by atoms with E-state index in [2.05, 4.69) is 4.98 Å². The summed E-state index contributed by atoms with van der Waals surface area (Å²) in [5, 5.41) is 2.11. The van der Waals surface area contributed by atoms with Crippen LogP contribution in [0.1, 0.15) is 12.5 Å². The summed E-state index contributed by atoms with van der Waals surface area (Å²) in [5.41, 5.74) is 0.985. The fourth-order valence-corrected chi connectivity index (χ4v) is 1.71. The lowest BCUT2D eigenvalue weighted by Gasteiger charge is -2.05. The third kappa shape index (κ3) is 2.19. The lowest BCUT2D eigenvalue weighted by atomic mass is 10.0. The predicted octanol–water partition coefficient (Wildman–Crippen LogP) is 2.34. The number of fused-ring (bicyclic) bond motifs is 1. The van der Waals surface area contributed by atoms with Gasteiger partial charge in [0.15, 0.2) is 0 Å². The molecule has 1 heterocycles. The molecule has 0 spiro atoms. The zero-order chi connectivity index (χ0) is 11.4. The summed E-state index contributed by atoms with van der Waals surface area (Å²) in [7, 11) is 0. The third-order valence-electron chi connectivity index (χ3n) is 2.41. The van der Waals surface area contributed by atoms with Crippen LogP contribution in [0.5, 0.6) is 0 Å². The number of hydrogen-bond acceptors (Lipinski definition) is 3. The van der Waals surface area contributed by atoms with Crippen LogP contribution in [-0.2, 0) is 16.0 Å². The smallest absolute Gasteiger partial charge is 0.310 e. The molecule has 0 saturated heterocycles. The molecule has 0 saturated carbocycles. The number of ether oxygens (including phenoxy) is 1. The van der Waals surface area contributed by atoms with Crippen LogP contribution in [0.15, 0.2) is 36.7 Å². The van der Waals surface area contributed by atoms with Crippen molar-refractivity contribution in [3.05, 3.63) is 42.2 Å². The lowest BCUT2D eigenvalue weighted by molar-refractivity contribution is -0.142. The lowest BCUT2D eigenvalue weighted by Crippen LogP contribution is -2.07. The highest BCUT2D eigenvalue weighted by Gasteiger charge is 2.06. The van der Waals surface area contributed by atoms with E-state index in [0.29, 0.717) is 13.0 Å². The standard InChI is InChI=1S/C13H13NO2/c1-2-16-13(15)8-10-4-3-5-11-9-14-7-6-12(10)11/h3-7,9H,2,8H2,1H3. The first-order chi connectivity index (χ1) is 7.81. The molecule has 2 aromatic rings. The Balaban J connectivity index is 2.33. The van der Waals surface area contributed by atoms with Crippen molar-refractivity contribution in [1.29, 1.82) is 0 Å². The van der Waals surface area contributed by atoms with Gasteiger partial charge in [0.1, 0.15) is 0 Å². The molecule has 0 aliphatic heterocycles. The Hall–Kier alpha value is -1.90. The first-order valence-electron chi connectivity index (χ1n) is 5.28. The Morgan fingerprint density at radius 3 is 3.06 bits per heavy atom. The fourth-order valence-electron chi connectivity index (χ4n) is 1.71. The number of carbonyl (C=O) groups excluding carboxylic acids is 1. The molecule has 82 valence electrons. The molecule has 0 unspecified atom stereocenters. The molecule has 0 bridgehead atoms. The predicted molar refractivity (Wildman–Crippen MR) is 62.1 cm³/mol. The quantitative estimate of drug-likeness (QED) is 0.738. The third-order valence-corrected chi connectivity index (χ3v) is 2.41. The van der Waals surface area contributed by atoms with Crippen molar-refractivity contribution in [2.45, 2.75) is 13.3 Å². The molecule has 0 atom stereocenters. The first kappa shape index (κ1) is 10.6. The van der Waals surface area contributed by atoms with Crippen molar-refractivity contribution >= 4 is 16.7 Å². The van der Waals surface area contributed by atoms with E-state index in [0.717, 1.165) is 16.3 Å². The van der Waals surface area contributed by atoms with Crippen molar-refractivity contribution in [2.75, 3.05) is 6.61 Å². The first-order valence-corrected chi connectivity index (χ1v) is 5.28. The van der Waals surface area contributed by atoms with E-state index in [4.69, 9.17) is 4.74 Å². The summed E-state index contributed by atoms with van der Waals surface area (Å²) in [6.07, 6.45) is 3.84. The van der Waals surface area contributed by atoms with Crippen LogP contribution >= 0.6 is 0 Å². The van der Waals surface area contributed by atoms with E-state index in [1.165, 1.54) is 0 Å². The van der Waals surface area contributed by atoms with Crippen molar-refractivity contribution in [1.82, 2.24) is 4.98 Å². The Labute approximate surface area is 94.1 Å². The van der Waals surface area contributed by atoms with Gasteiger partial charge in [-0.1, -0.05) is 18.2 Å². The van der Waals surface area contributed by atoms with E-state index in [9.17, 15) is 4.79 Å². The van der Waals surface area contributed by atoms with Crippen LogP contribution in [0.3, 0.4) is 0 Å². The van der Waals surface area contributed by atoms with Crippen LogP contribution in [-0.4, -0.2) is 17.6 Å². The Morgan fingerprint density at radius 2 is 2.25 bits per heavy atom. The zero-order valence-electron chi connectivity index (χ0n) is 9.14. The number of pyridine rings is 1. The fraction of sp³-hybridized carbons (Fsp3) is 0.231. The molecule has 16 heavy (non-hydrogen) atoms. The van der Waals surface area contributed by atoms with Crippen molar-refractivity contribution in [3.8, 4) is 0 Å². The maximum Gasteiger partial charge on any atom is 0.310 e. The van der Waals surface area contributed by atoms with Crippen molar-refractivity contribution in [3.63, 3.8) is 0 Å². The largest absolute Gasteiger partial charge is 0.466 e. The molecule has 0 radical (unpaired) electrons. The average molecular weight is 215 g/mol. The highest BCUT2D eigenvalue weighted by Crippen LogP contribution is 2.18. The average Bonchev–Trinajstić information content (AvgIpc) is 2.30. The number of rotatable bonds is 3. The minimum atomic E-state index is -0.188. The molecule has 0 amide bonds. The Morgan fingerprint density at radius 1 is 1.38 bits per heavy atom. The van der Waals surface area contributed by atoms with Gasteiger partial charge in [-0.05, 0) is 23.9 Å². The van der Waals surface area contributed by atoms with Gasteiger partial charge in [-0.15, -0.1) is 0 Å². The molecule has 3 nitrogen and oxygen atoms in total. The summed E-state index contributed by atoms with van der Waals surface area (Å²) in [6, 6.07) is 7.78. The van der Waals surface area contributed by atoms with E-state index in [-0.39, 0.29) is 5.97 Å². The minimum Gasteiger partial charge on any atom is -0.466 e. The Bertz CT molecular complexity index is 503. The molecule has 3 heteroatoms. The van der Waals surface area contributed by atoms with Crippen LogP contribution in [0.4, 0.5) is 0 Å². The molecule has 0 aliphatic rings. The van der Waals surface area contributed by atoms with Gasteiger partial charge in [0.2, 0.25) is 0 Å². The molecule has 0 fully saturated rings. The highest BCUT2D eigenvalue weighted by molar-refractivity contribution is 5.88. The molecule has 2 rings (SSSR count). The molecule has 1 aromatic carbocycles. The molecular formula is C13H13NO2. The summed E-state index contributed by atoms with van der Waals surface area (Å²) in [6.45, 7) is 2.23. The Kier molecular flexibility index (Phi) is 3.15. The van der Waals surface area contributed by atoms with Gasteiger partial charge in [0, 0.05) is 17.8 Å². The molecule has 1 aromatic heterocycles. The van der Waals surface area contributed by atoms with E-state index < -0.39 is 0 Å². The number of carbonyl (C=O) groups is 1. The van der Waals surface area contributed by atoms with Crippen LogP contribution in [0.25, 0.3) is 10.8 Å². The van der Waals surface area contributed by atoms with Gasteiger partial charge in [-0.25, -0.2) is 0 Å². The molecule has 0 aliphatic carbocycles. The monoisotopic (exact) mass is 215 g/mol. The van der Waals surface area contributed by atoms with Gasteiger partial charge in [-0.3, -0.25) is 9.78 Å². The molecular weight excluding hydrogens is 202 g/mol. The maximum atomic E-state index is 11.4. The topological polar surface area (TPSA) is 39.2 Å². The second kappa shape index (κ2) is 4.75. The summed E-state index contributed by atoms with van der Waals surface area (Å²) in [5.74, 6) is -0.188. The van der Waals surface area contributed by atoms with E-state index >= 15 is 0 Å². The van der Waals surface area contributed by atoms with Gasteiger partial charge < -0.3 is 4.74 Å². The SMILES string of the molecule is CCOC(=O)Cc1cccc2cnccc12. The minimum absolute atomic E-state index is 0.188. The van der Waals surface area contributed by atoms with Crippen molar-refractivity contribution < 1.29 is 9.53 Å². The van der Waals surface area contributed by atoms with E-state index in [1.54, 1.807) is 12.4 Å². The maximum absolute atomic E-state index is 11.4. The number of esters is 1. The second-order valence-electron chi connectivity index (χ2n) is 3.50. The van der Waals surface area contributed by atoms with Gasteiger partial charge in [-0.2, -0.15) is 0 Å². The summed E-state index contributed by atoms with van der Waals surface area (Å²) >= 11 is 0. The van der Waals surface area contributed by atoms with Crippen molar-refractivity contribution in [2.24, 2.45) is 0 Å². The number of nitrogens with zero attached hydrogens (tertiary/aromatic N) is 1. The van der Waals surface area contributed by atoms with Crippen LogP contribution < -0.4 is 0 Å². The van der Waals surface area contributed by atoms with Crippen LogP contribution in [0, 0.1) is 0 Å². The highest BCUT2D eigenvalue weighted by atomic mass is 16.5. The van der Waals surface area contributed by atoms with Gasteiger partial charge in [0.05, 0.1) is 13.0 Å². The molecule has 0 N–H and O–H groups in total. The number of hydrogen-bond donors (Lipinski definition) is 0. The summed E-state index contributed by atoms with van der Waals surface area (Å²) in [4.78, 5) is 15.5. The number of benzene rings is 1. The number of aromatic nitrogens is 1. The van der Waals surface area contributed by atoms with Gasteiger partial charge >= 0.3 is 5.97 Å². The van der Waals surface area contributed by atoms with Crippen LogP contribution in [0.2, 0.25) is 0 Å². The zero-order valence-corrected chi connectivity index (χ0v) is 9.14. The summed E-state index contributed by atoms with van der Waals surface area (Å²) < 4.78 is 4.94. The normalized spacial score (nSPS) is 10.3.